The van der Waals surface area contributed by atoms with E-state index in [9.17, 15) is 9.59 Å². The Balaban J connectivity index is 0.00000272. The number of halogens is 2. The monoisotopic (exact) mass is 521 g/mol. The van der Waals surface area contributed by atoms with Gasteiger partial charge in [0.2, 0.25) is 11.8 Å². The molecule has 2 amide bonds. The van der Waals surface area contributed by atoms with E-state index in [1.807, 2.05) is 29.2 Å². The molecule has 5 nitrogen and oxygen atoms in total. The van der Waals surface area contributed by atoms with E-state index in [0.717, 1.165) is 33.1 Å². The highest BCUT2D eigenvalue weighted by molar-refractivity contribution is 9.10. The third-order valence-corrected chi connectivity index (χ3v) is 7.14. The van der Waals surface area contributed by atoms with Crippen LogP contribution in [0.5, 0.6) is 0 Å². The second kappa shape index (κ2) is 10.1. The smallest absolute Gasteiger partial charge is 0.249 e. The van der Waals surface area contributed by atoms with Gasteiger partial charge in [-0.1, -0.05) is 34.1 Å². The highest BCUT2D eigenvalue weighted by Gasteiger charge is 2.32. The van der Waals surface area contributed by atoms with Gasteiger partial charge in [-0.15, -0.1) is 23.7 Å². The minimum absolute atomic E-state index is 0. The first kappa shape index (κ1) is 23.7. The van der Waals surface area contributed by atoms with E-state index in [-0.39, 0.29) is 30.3 Å². The molecule has 0 saturated heterocycles. The third kappa shape index (κ3) is 4.95. The maximum absolute atomic E-state index is 13.6. The number of nitrogens with one attached hydrogen (secondary N) is 2. The Morgan fingerprint density at radius 3 is 2.84 bits per heavy atom. The SMILES string of the molecule is CNC(C)C(=O)N[C@H]1CCc2ccccc2N(Cc2csc3ccc(Br)cc23)C1=O.Cl. The number of thiophene rings is 1. The number of hydrogen-bond acceptors (Lipinski definition) is 4. The molecule has 4 rings (SSSR count). The van der Waals surface area contributed by atoms with Crippen molar-refractivity contribution in [2.24, 2.45) is 0 Å². The number of carbonyl (C=O) groups is 2. The lowest BCUT2D eigenvalue weighted by molar-refractivity contribution is -0.128. The molecule has 0 saturated carbocycles. The number of carbonyl (C=O) groups excluding carboxylic acids is 2. The molecule has 1 aliphatic heterocycles. The number of fused-ring (bicyclic) bond motifs is 2. The normalized spacial score (nSPS) is 16.9. The summed E-state index contributed by atoms with van der Waals surface area (Å²) in [5, 5.41) is 9.15. The van der Waals surface area contributed by atoms with Gasteiger partial charge in [0.05, 0.1) is 12.6 Å². The molecule has 0 spiro atoms. The summed E-state index contributed by atoms with van der Waals surface area (Å²) in [5.74, 6) is -0.224. The number of anilines is 1. The van der Waals surface area contributed by atoms with E-state index in [1.54, 1.807) is 25.3 Å². The van der Waals surface area contributed by atoms with Crippen molar-refractivity contribution in [1.29, 1.82) is 0 Å². The molecule has 164 valence electrons. The van der Waals surface area contributed by atoms with Gasteiger partial charge in [-0.3, -0.25) is 9.59 Å². The molecule has 0 radical (unpaired) electrons. The Bertz CT molecular complexity index is 1100. The summed E-state index contributed by atoms with van der Waals surface area (Å²) in [6.45, 7) is 2.26. The summed E-state index contributed by atoms with van der Waals surface area (Å²) in [6.07, 6.45) is 1.33. The zero-order chi connectivity index (χ0) is 21.3. The van der Waals surface area contributed by atoms with Crippen molar-refractivity contribution in [2.75, 3.05) is 11.9 Å². The Morgan fingerprint density at radius 2 is 2.06 bits per heavy atom. The van der Waals surface area contributed by atoms with Crippen molar-refractivity contribution in [3.05, 3.63) is 63.4 Å². The molecule has 2 aromatic carbocycles. The van der Waals surface area contributed by atoms with Crippen LogP contribution in [0.15, 0.2) is 52.3 Å². The third-order valence-electron chi connectivity index (χ3n) is 5.64. The predicted molar refractivity (Wildman–Crippen MR) is 133 cm³/mol. The van der Waals surface area contributed by atoms with Crippen LogP contribution in [0.3, 0.4) is 0 Å². The summed E-state index contributed by atoms with van der Waals surface area (Å²) < 4.78 is 2.21. The van der Waals surface area contributed by atoms with Gasteiger partial charge in [-0.2, -0.15) is 0 Å². The Labute approximate surface area is 200 Å². The van der Waals surface area contributed by atoms with E-state index >= 15 is 0 Å². The average Bonchev–Trinajstić information content (AvgIpc) is 3.10. The van der Waals surface area contributed by atoms with Crippen molar-refractivity contribution >= 4 is 67.3 Å². The minimum atomic E-state index is -0.544. The van der Waals surface area contributed by atoms with Gasteiger partial charge in [0.25, 0.3) is 0 Å². The molecular formula is C23H25BrClN3O2S. The van der Waals surface area contributed by atoms with Crippen LogP contribution < -0.4 is 15.5 Å². The Kier molecular flexibility index (Phi) is 7.75. The van der Waals surface area contributed by atoms with Crippen molar-refractivity contribution in [3.63, 3.8) is 0 Å². The molecule has 1 aromatic heterocycles. The maximum atomic E-state index is 13.6. The molecule has 2 atom stereocenters. The lowest BCUT2D eigenvalue weighted by atomic mass is 10.1. The summed E-state index contributed by atoms with van der Waals surface area (Å²) >= 11 is 5.23. The minimum Gasteiger partial charge on any atom is -0.343 e. The summed E-state index contributed by atoms with van der Waals surface area (Å²) in [5.41, 5.74) is 3.16. The number of aryl methyl sites for hydroxylation is 1. The standard InChI is InChI=1S/C23H24BrN3O2S.ClH/c1-14(25-2)22(28)26-19-9-7-15-5-3-4-6-20(15)27(23(19)29)12-16-13-30-21-10-8-17(24)11-18(16)21;/h3-6,8,10-11,13-14,19,25H,7,9,12H2,1-2H3,(H,26,28);1H/t14?,19-;/m0./s1. The van der Waals surface area contributed by atoms with Crippen LogP contribution in [0.25, 0.3) is 10.1 Å². The molecule has 3 aromatic rings. The van der Waals surface area contributed by atoms with E-state index in [0.29, 0.717) is 13.0 Å². The molecule has 0 aliphatic carbocycles. The first-order valence-corrected chi connectivity index (χ1v) is 11.7. The van der Waals surface area contributed by atoms with Crippen LogP contribution >= 0.6 is 39.7 Å². The number of rotatable bonds is 5. The second-order valence-corrected chi connectivity index (χ2v) is 9.39. The van der Waals surface area contributed by atoms with Gasteiger partial charge in [-0.05, 0) is 73.0 Å². The topological polar surface area (TPSA) is 61.4 Å². The zero-order valence-corrected chi connectivity index (χ0v) is 20.6. The maximum Gasteiger partial charge on any atom is 0.249 e. The van der Waals surface area contributed by atoms with Crippen molar-refractivity contribution in [3.8, 4) is 0 Å². The van der Waals surface area contributed by atoms with E-state index in [1.165, 1.54) is 4.70 Å². The lowest BCUT2D eigenvalue weighted by Gasteiger charge is -2.27. The summed E-state index contributed by atoms with van der Waals surface area (Å²) in [7, 11) is 1.74. The van der Waals surface area contributed by atoms with Crippen LogP contribution in [-0.4, -0.2) is 30.9 Å². The van der Waals surface area contributed by atoms with Crippen LogP contribution in [0, 0.1) is 0 Å². The van der Waals surface area contributed by atoms with E-state index < -0.39 is 6.04 Å². The molecule has 2 heterocycles. The lowest BCUT2D eigenvalue weighted by Crippen LogP contribution is -2.52. The summed E-state index contributed by atoms with van der Waals surface area (Å²) in [6, 6.07) is 13.4. The molecule has 1 aliphatic rings. The largest absolute Gasteiger partial charge is 0.343 e. The van der Waals surface area contributed by atoms with Gasteiger partial charge in [0.1, 0.15) is 6.04 Å². The Hall–Kier alpha value is -1.93. The zero-order valence-electron chi connectivity index (χ0n) is 17.4. The van der Waals surface area contributed by atoms with Crippen LogP contribution in [0.1, 0.15) is 24.5 Å². The molecule has 0 bridgehead atoms. The summed E-state index contributed by atoms with van der Waals surface area (Å²) in [4.78, 5) is 27.9. The number of amides is 2. The first-order chi connectivity index (χ1) is 14.5. The van der Waals surface area contributed by atoms with Crippen molar-refractivity contribution in [1.82, 2.24) is 10.6 Å². The van der Waals surface area contributed by atoms with Crippen LogP contribution in [-0.2, 0) is 22.6 Å². The Morgan fingerprint density at radius 1 is 1.29 bits per heavy atom. The van der Waals surface area contributed by atoms with Gasteiger partial charge < -0.3 is 15.5 Å². The highest BCUT2D eigenvalue weighted by atomic mass is 79.9. The number of nitrogens with zero attached hydrogens (tertiary/aromatic N) is 1. The molecule has 31 heavy (non-hydrogen) atoms. The van der Waals surface area contributed by atoms with Crippen molar-refractivity contribution < 1.29 is 9.59 Å². The van der Waals surface area contributed by atoms with E-state index in [2.05, 4.69) is 50.1 Å². The first-order valence-electron chi connectivity index (χ1n) is 10.0. The fourth-order valence-electron chi connectivity index (χ4n) is 3.79. The van der Waals surface area contributed by atoms with Crippen molar-refractivity contribution in [2.45, 2.75) is 38.4 Å². The average molecular weight is 523 g/mol. The van der Waals surface area contributed by atoms with Gasteiger partial charge in [0, 0.05) is 14.9 Å². The van der Waals surface area contributed by atoms with Gasteiger partial charge in [-0.25, -0.2) is 0 Å². The number of benzene rings is 2. The molecule has 8 heteroatoms. The molecule has 2 N–H and O–H groups in total. The van der Waals surface area contributed by atoms with Crippen LogP contribution in [0.4, 0.5) is 5.69 Å². The van der Waals surface area contributed by atoms with Gasteiger partial charge in [0.15, 0.2) is 0 Å². The highest BCUT2D eigenvalue weighted by Crippen LogP contribution is 2.33. The predicted octanol–water partition coefficient (Wildman–Crippen LogP) is 4.66. The number of hydrogen-bond donors (Lipinski definition) is 2. The number of likely N-dealkylation sites (N-methyl/N-ethyl adjacent to an activating group) is 1. The van der Waals surface area contributed by atoms with Crippen LogP contribution in [0.2, 0.25) is 0 Å². The van der Waals surface area contributed by atoms with Gasteiger partial charge >= 0.3 is 0 Å². The molecule has 0 fully saturated rings. The molecule has 1 unspecified atom stereocenters. The fraction of sp³-hybridized carbons (Fsp3) is 0.304. The second-order valence-electron chi connectivity index (χ2n) is 7.56. The quantitative estimate of drug-likeness (QED) is 0.512. The molecular weight excluding hydrogens is 498 g/mol. The fourth-order valence-corrected chi connectivity index (χ4v) is 5.08. The number of para-hydroxylation sites is 1. The van der Waals surface area contributed by atoms with E-state index in [4.69, 9.17) is 0 Å².